The number of urea groups is 1. The molecule has 1 saturated heterocycles. The molecule has 2 N–H and O–H groups in total. The molecule has 0 saturated carbocycles. The van der Waals surface area contributed by atoms with E-state index in [0.29, 0.717) is 17.0 Å². The van der Waals surface area contributed by atoms with Crippen molar-refractivity contribution < 1.29 is 38.2 Å². The van der Waals surface area contributed by atoms with Gasteiger partial charge in [0.25, 0.3) is 17.7 Å². The maximum absolute atomic E-state index is 13.2. The number of esters is 1. The van der Waals surface area contributed by atoms with Crippen molar-refractivity contribution >= 4 is 47.2 Å². The molecular weight excluding hydrogens is 530 g/mol. The number of para-hydroxylation sites is 1. The average Bonchev–Trinajstić information content (AvgIpc) is 2.96. The average molecular weight is 558 g/mol. The van der Waals surface area contributed by atoms with Crippen LogP contribution in [0.5, 0.6) is 11.5 Å². The molecule has 0 bridgehead atoms. The van der Waals surface area contributed by atoms with Gasteiger partial charge >= 0.3 is 12.0 Å². The fraction of sp³-hybridized carbons (Fsp3) is 0.167. The Morgan fingerprint density at radius 3 is 2.37 bits per heavy atom. The fourth-order valence-electron chi connectivity index (χ4n) is 3.97. The number of barbiturate groups is 1. The molecule has 0 atom stereocenters. The highest BCUT2D eigenvalue weighted by Gasteiger charge is 2.37. The largest absolute Gasteiger partial charge is 0.490 e. The van der Waals surface area contributed by atoms with Crippen LogP contribution in [0.15, 0.2) is 72.3 Å². The first-order chi connectivity index (χ1) is 19.7. The first kappa shape index (κ1) is 28.6. The molecule has 1 aliphatic rings. The second kappa shape index (κ2) is 12.6. The van der Waals surface area contributed by atoms with Gasteiger partial charge in [-0.3, -0.25) is 19.7 Å². The van der Waals surface area contributed by atoms with E-state index < -0.39 is 23.8 Å². The second-order valence-corrected chi connectivity index (χ2v) is 8.79. The van der Waals surface area contributed by atoms with Crippen LogP contribution >= 0.6 is 0 Å². The quantitative estimate of drug-likeness (QED) is 0.230. The molecule has 3 aromatic rings. The van der Waals surface area contributed by atoms with Crippen molar-refractivity contribution in [3.8, 4) is 11.5 Å². The SMILES string of the molecule is CCOc1cc(/C=C2/C(=O)NC(=O)N(c3ccc(C(=O)OC)cc3)C2=O)ccc1OCC(=O)Nc1ccccc1C. The van der Waals surface area contributed by atoms with Gasteiger partial charge in [-0.15, -0.1) is 0 Å². The van der Waals surface area contributed by atoms with Crippen LogP contribution in [-0.4, -0.2) is 50.0 Å². The molecule has 41 heavy (non-hydrogen) atoms. The zero-order valence-corrected chi connectivity index (χ0v) is 22.6. The lowest BCUT2D eigenvalue weighted by atomic mass is 10.1. The third-order valence-electron chi connectivity index (χ3n) is 6.00. The first-order valence-corrected chi connectivity index (χ1v) is 12.6. The summed E-state index contributed by atoms with van der Waals surface area (Å²) in [6, 6.07) is 16.7. The number of aryl methyl sites for hydroxylation is 1. The highest BCUT2D eigenvalue weighted by Crippen LogP contribution is 2.30. The standard InChI is InChI=1S/C30H27N3O8/c1-4-40-25-16-19(9-14-24(25)41-17-26(34)31-23-8-6-5-7-18(23)2)15-22-27(35)32-30(38)33(28(22)36)21-12-10-20(11-13-21)29(37)39-3/h5-16H,4,17H2,1-3H3,(H,31,34)(H,32,35,38)/b22-15-. The third kappa shape index (κ3) is 6.59. The summed E-state index contributed by atoms with van der Waals surface area (Å²) in [7, 11) is 1.24. The number of benzene rings is 3. The number of hydrogen-bond acceptors (Lipinski definition) is 8. The zero-order chi connectivity index (χ0) is 29.5. The lowest BCUT2D eigenvalue weighted by Crippen LogP contribution is -2.54. The van der Waals surface area contributed by atoms with E-state index >= 15 is 0 Å². The molecule has 4 rings (SSSR count). The molecule has 0 radical (unpaired) electrons. The molecule has 3 aromatic carbocycles. The predicted molar refractivity (Wildman–Crippen MR) is 150 cm³/mol. The number of carbonyl (C=O) groups is 5. The van der Waals surface area contributed by atoms with Crippen LogP contribution in [0, 0.1) is 6.92 Å². The Morgan fingerprint density at radius 2 is 1.68 bits per heavy atom. The van der Waals surface area contributed by atoms with Gasteiger partial charge < -0.3 is 19.5 Å². The number of amides is 5. The van der Waals surface area contributed by atoms with Crippen molar-refractivity contribution in [1.82, 2.24) is 5.32 Å². The molecule has 210 valence electrons. The third-order valence-corrected chi connectivity index (χ3v) is 6.00. The number of anilines is 2. The first-order valence-electron chi connectivity index (χ1n) is 12.6. The Balaban J connectivity index is 1.53. The number of carbonyl (C=O) groups excluding carboxylic acids is 5. The minimum Gasteiger partial charge on any atom is -0.490 e. The second-order valence-electron chi connectivity index (χ2n) is 8.79. The van der Waals surface area contributed by atoms with E-state index in [4.69, 9.17) is 9.47 Å². The topological polar surface area (TPSA) is 140 Å². The Kier molecular flexibility index (Phi) is 8.78. The molecule has 5 amide bonds. The number of methoxy groups -OCH3 is 1. The van der Waals surface area contributed by atoms with Crippen LogP contribution in [0.1, 0.15) is 28.4 Å². The number of nitrogens with zero attached hydrogens (tertiary/aromatic N) is 1. The smallest absolute Gasteiger partial charge is 0.337 e. The minimum absolute atomic E-state index is 0.154. The van der Waals surface area contributed by atoms with Gasteiger partial charge in [-0.25, -0.2) is 14.5 Å². The molecule has 0 unspecified atom stereocenters. The van der Waals surface area contributed by atoms with E-state index in [1.54, 1.807) is 31.2 Å². The van der Waals surface area contributed by atoms with Gasteiger partial charge in [0.05, 0.1) is 25.0 Å². The molecule has 0 aliphatic carbocycles. The van der Waals surface area contributed by atoms with Crippen LogP contribution in [0.2, 0.25) is 0 Å². The van der Waals surface area contributed by atoms with E-state index in [1.165, 1.54) is 37.5 Å². The maximum Gasteiger partial charge on any atom is 0.337 e. The highest BCUT2D eigenvalue weighted by molar-refractivity contribution is 6.39. The summed E-state index contributed by atoms with van der Waals surface area (Å²) in [5, 5.41) is 4.94. The zero-order valence-electron chi connectivity index (χ0n) is 22.6. The van der Waals surface area contributed by atoms with E-state index in [0.717, 1.165) is 10.5 Å². The molecular formula is C30H27N3O8. The molecule has 1 fully saturated rings. The normalized spacial score (nSPS) is 14.0. The van der Waals surface area contributed by atoms with Gasteiger partial charge in [0, 0.05) is 5.69 Å². The highest BCUT2D eigenvalue weighted by atomic mass is 16.5. The monoisotopic (exact) mass is 557 g/mol. The summed E-state index contributed by atoms with van der Waals surface area (Å²) < 4.78 is 16.0. The molecule has 1 heterocycles. The summed E-state index contributed by atoms with van der Waals surface area (Å²) in [5.41, 5.74) is 2.09. The molecule has 11 heteroatoms. The van der Waals surface area contributed by atoms with Crippen LogP contribution < -0.4 is 25.0 Å². The van der Waals surface area contributed by atoms with E-state index in [2.05, 4.69) is 15.4 Å². The van der Waals surface area contributed by atoms with Crippen molar-refractivity contribution in [3.63, 3.8) is 0 Å². The Hall–Kier alpha value is -5.45. The van der Waals surface area contributed by atoms with Crippen LogP contribution in [-0.2, 0) is 19.1 Å². The van der Waals surface area contributed by atoms with Crippen molar-refractivity contribution in [2.75, 3.05) is 30.5 Å². The molecule has 11 nitrogen and oxygen atoms in total. The van der Waals surface area contributed by atoms with Crippen molar-refractivity contribution in [2.24, 2.45) is 0 Å². The number of rotatable bonds is 9. The van der Waals surface area contributed by atoms with Crippen LogP contribution in [0.25, 0.3) is 6.08 Å². The number of imide groups is 2. The van der Waals surface area contributed by atoms with Crippen LogP contribution in [0.4, 0.5) is 16.2 Å². The number of nitrogens with one attached hydrogen (secondary N) is 2. The van der Waals surface area contributed by atoms with E-state index in [-0.39, 0.29) is 41.7 Å². The Bertz CT molecular complexity index is 1550. The minimum atomic E-state index is -0.925. The molecule has 1 aliphatic heterocycles. The molecule has 0 aromatic heterocycles. The van der Waals surface area contributed by atoms with Gasteiger partial charge in [0.15, 0.2) is 18.1 Å². The Morgan fingerprint density at radius 1 is 0.951 bits per heavy atom. The van der Waals surface area contributed by atoms with Gasteiger partial charge in [0.2, 0.25) is 0 Å². The summed E-state index contributed by atoms with van der Waals surface area (Å²) in [5.74, 6) is -2.08. The summed E-state index contributed by atoms with van der Waals surface area (Å²) in [4.78, 5) is 63.3. The number of ether oxygens (including phenoxy) is 3. The van der Waals surface area contributed by atoms with Gasteiger partial charge in [0.1, 0.15) is 5.57 Å². The Labute approximate surface area is 235 Å². The summed E-state index contributed by atoms with van der Waals surface area (Å²) in [6.07, 6.45) is 1.32. The van der Waals surface area contributed by atoms with Crippen molar-refractivity contribution in [2.45, 2.75) is 13.8 Å². The fourth-order valence-corrected chi connectivity index (χ4v) is 3.97. The van der Waals surface area contributed by atoms with Gasteiger partial charge in [-0.2, -0.15) is 0 Å². The number of hydrogen-bond donors (Lipinski definition) is 2. The van der Waals surface area contributed by atoms with Crippen molar-refractivity contribution in [3.05, 3.63) is 89.0 Å². The summed E-state index contributed by atoms with van der Waals surface area (Å²) >= 11 is 0. The molecule has 0 spiro atoms. The lowest BCUT2D eigenvalue weighted by molar-refractivity contribution is -0.122. The van der Waals surface area contributed by atoms with Gasteiger partial charge in [-0.05, 0) is 73.5 Å². The van der Waals surface area contributed by atoms with Crippen molar-refractivity contribution in [1.29, 1.82) is 0 Å². The van der Waals surface area contributed by atoms with Crippen LogP contribution in [0.3, 0.4) is 0 Å². The van der Waals surface area contributed by atoms with E-state index in [1.807, 2.05) is 25.1 Å². The van der Waals surface area contributed by atoms with E-state index in [9.17, 15) is 24.0 Å². The predicted octanol–water partition coefficient (Wildman–Crippen LogP) is 3.86. The lowest BCUT2D eigenvalue weighted by Gasteiger charge is -2.26. The maximum atomic E-state index is 13.2. The van der Waals surface area contributed by atoms with Gasteiger partial charge in [-0.1, -0.05) is 24.3 Å². The summed E-state index contributed by atoms with van der Waals surface area (Å²) in [6.45, 7) is 3.66.